The highest BCUT2D eigenvalue weighted by atomic mass is 35.5. The standard InChI is InChI=1S/C15H20ClNO2/c16-15(13-5-1-2-6-13)7-3-4-12-8-10-14(11-9-12)17(18)19/h8-11,13,15H,1-7H2. The Labute approximate surface area is 119 Å². The zero-order chi connectivity index (χ0) is 13.7. The van der Waals surface area contributed by atoms with Gasteiger partial charge in [0.2, 0.25) is 0 Å². The van der Waals surface area contributed by atoms with E-state index in [2.05, 4.69) is 0 Å². The summed E-state index contributed by atoms with van der Waals surface area (Å²) in [6.07, 6.45) is 8.28. The molecule has 1 aromatic carbocycles. The molecule has 1 atom stereocenters. The Morgan fingerprint density at radius 2 is 1.89 bits per heavy atom. The predicted molar refractivity (Wildman–Crippen MR) is 77.6 cm³/mol. The summed E-state index contributed by atoms with van der Waals surface area (Å²) in [5.41, 5.74) is 1.31. The van der Waals surface area contributed by atoms with Crippen LogP contribution < -0.4 is 0 Å². The van der Waals surface area contributed by atoms with Crippen LogP contribution in [0.2, 0.25) is 0 Å². The van der Waals surface area contributed by atoms with Gasteiger partial charge in [0.25, 0.3) is 5.69 Å². The van der Waals surface area contributed by atoms with Gasteiger partial charge in [-0.3, -0.25) is 10.1 Å². The summed E-state index contributed by atoms with van der Waals surface area (Å²) < 4.78 is 0. The largest absolute Gasteiger partial charge is 0.269 e. The van der Waals surface area contributed by atoms with E-state index in [1.165, 1.54) is 25.7 Å². The van der Waals surface area contributed by atoms with Gasteiger partial charge in [-0.2, -0.15) is 0 Å². The van der Waals surface area contributed by atoms with Crippen LogP contribution in [-0.4, -0.2) is 10.3 Å². The fourth-order valence-corrected chi connectivity index (χ4v) is 3.25. The Balaban J connectivity index is 1.74. The summed E-state index contributed by atoms with van der Waals surface area (Å²) in [5.74, 6) is 0.707. The first-order chi connectivity index (χ1) is 9.16. The van der Waals surface area contributed by atoms with Gasteiger partial charge in [-0.25, -0.2) is 0 Å². The van der Waals surface area contributed by atoms with Crippen molar-refractivity contribution >= 4 is 17.3 Å². The van der Waals surface area contributed by atoms with E-state index in [0.717, 1.165) is 24.8 Å². The van der Waals surface area contributed by atoms with Crippen LogP contribution in [-0.2, 0) is 6.42 Å². The van der Waals surface area contributed by atoms with Gasteiger partial charge < -0.3 is 0 Å². The van der Waals surface area contributed by atoms with Gasteiger partial charge in [-0.1, -0.05) is 25.0 Å². The lowest BCUT2D eigenvalue weighted by Gasteiger charge is -2.16. The summed E-state index contributed by atoms with van der Waals surface area (Å²) in [4.78, 5) is 10.2. The van der Waals surface area contributed by atoms with Crippen molar-refractivity contribution < 1.29 is 4.92 Å². The maximum Gasteiger partial charge on any atom is 0.269 e. The van der Waals surface area contributed by atoms with Crippen LogP contribution in [0, 0.1) is 16.0 Å². The van der Waals surface area contributed by atoms with E-state index >= 15 is 0 Å². The number of alkyl halides is 1. The zero-order valence-electron chi connectivity index (χ0n) is 11.1. The van der Waals surface area contributed by atoms with Crippen molar-refractivity contribution in [3.63, 3.8) is 0 Å². The number of aryl methyl sites for hydroxylation is 1. The molecule has 1 fully saturated rings. The third kappa shape index (κ3) is 4.20. The SMILES string of the molecule is O=[N+]([O-])c1ccc(CCCC(Cl)C2CCCC2)cc1. The zero-order valence-corrected chi connectivity index (χ0v) is 11.8. The molecule has 0 amide bonds. The molecule has 0 N–H and O–H groups in total. The summed E-state index contributed by atoms with van der Waals surface area (Å²) in [6, 6.07) is 6.84. The van der Waals surface area contributed by atoms with E-state index in [4.69, 9.17) is 11.6 Å². The number of benzene rings is 1. The van der Waals surface area contributed by atoms with Crippen molar-refractivity contribution in [2.75, 3.05) is 0 Å². The lowest BCUT2D eigenvalue weighted by atomic mass is 9.98. The van der Waals surface area contributed by atoms with Crippen molar-refractivity contribution in [2.24, 2.45) is 5.92 Å². The van der Waals surface area contributed by atoms with Gasteiger partial charge in [0.15, 0.2) is 0 Å². The average Bonchev–Trinajstić information content (AvgIpc) is 2.93. The first-order valence-corrected chi connectivity index (χ1v) is 7.48. The molecule has 0 saturated heterocycles. The Morgan fingerprint density at radius 1 is 1.26 bits per heavy atom. The summed E-state index contributed by atoms with van der Waals surface area (Å²) in [5, 5.41) is 10.9. The van der Waals surface area contributed by atoms with E-state index in [9.17, 15) is 10.1 Å². The van der Waals surface area contributed by atoms with E-state index in [1.54, 1.807) is 12.1 Å². The topological polar surface area (TPSA) is 43.1 Å². The minimum atomic E-state index is -0.362. The van der Waals surface area contributed by atoms with Crippen molar-refractivity contribution in [3.05, 3.63) is 39.9 Å². The third-order valence-electron chi connectivity index (χ3n) is 4.00. The Hall–Kier alpha value is -1.09. The Kier molecular flexibility index (Phi) is 5.20. The number of nitrogens with zero attached hydrogens (tertiary/aromatic N) is 1. The molecule has 19 heavy (non-hydrogen) atoms. The fraction of sp³-hybridized carbons (Fsp3) is 0.600. The monoisotopic (exact) mass is 281 g/mol. The minimum absolute atomic E-state index is 0.157. The van der Waals surface area contributed by atoms with Crippen LogP contribution in [0.5, 0.6) is 0 Å². The molecule has 1 aliphatic carbocycles. The number of hydrogen-bond acceptors (Lipinski definition) is 2. The van der Waals surface area contributed by atoms with Crippen LogP contribution >= 0.6 is 11.6 Å². The second-order valence-electron chi connectivity index (χ2n) is 5.38. The number of hydrogen-bond donors (Lipinski definition) is 0. The second-order valence-corrected chi connectivity index (χ2v) is 5.94. The summed E-state index contributed by atoms with van der Waals surface area (Å²) in [6.45, 7) is 0. The van der Waals surface area contributed by atoms with Crippen molar-refractivity contribution in [2.45, 2.75) is 50.3 Å². The first-order valence-electron chi connectivity index (χ1n) is 7.04. The van der Waals surface area contributed by atoms with Crippen molar-refractivity contribution in [1.82, 2.24) is 0 Å². The first kappa shape index (κ1) is 14.3. The van der Waals surface area contributed by atoms with E-state index in [-0.39, 0.29) is 10.6 Å². The van der Waals surface area contributed by atoms with Gasteiger partial charge in [0, 0.05) is 17.5 Å². The molecule has 0 radical (unpaired) electrons. The maximum atomic E-state index is 10.6. The molecule has 2 rings (SSSR count). The average molecular weight is 282 g/mol. The molecule has 0 spiro atoms. The maximum absolute atomic E-state index is 10.6. The van der Waals surface area contributed by atoms with Crippen LogP contribution in [0.3, 0.4) is 0 Å². The van der Waals surface area contributed by atoms with Crippen LogP contribution in [0.1, 0.15) is 44.1 Å². The van der Waals surface area contributed by atoms with Gasteiger partial charge in [0.05, 0.1) is 4.92 Å². The fourth-order valence-electron chi connectivity index (χ4n) is 2.84. The molecule has 0 aromatic heterocycles. The quantitative estimate of drug-likeness (QED) is 0.430. The minimum Gasteiger partial charge on any atom is -0.258 e. The predicted octanol–water partition coefficient (Wildman–Crippen LogP) is 4.72. The molecule has 0 heterocycles. The highest BCUT2D eigenvalue weighted by Gasteiger charge is 2.22. The van der Waals surface area contributed by atoms with E-state index in [1.807, 2.05) is 12.1 Å². The van der Waals surface area contributed by atoms with Crippen molar-refractivity contribution in [3.8, 4) is 0 Å². The molecule has 1 aliphatic rings. The van der Waals surface area contributed by atoms with E-state index < -0.39 is 0 Å². The van der Waals surface area contributed by atoms with Gasteiger partial charge in [-0.15, -0.1) is 11.6 Å². The van der Waals surface area contributed by atoms with Crippen LogP contribution in [0.4, 0.5) is 5.69 Å². The van der Waals surface area contributed by atoms with Gasteiger partial charge in [0.1, 0.15) is 0 Å². The molecule has 3 nitrogen and oxygen atoms in total. The normalized spacial score (nSPS) is 17.5. The molecule has 1 saturated carbocycles. The Morgan fingerprint density at radius 3 is 2.47 bits per heavy atom. The molecule has 104 valence electrons. The highest BCUT2D eigenvalue weighted by molar-refractivity contribution is 6.20. The van der Waals surface area contributed by atoms with Gasteiger partial charge >= 0.3 is 0 Å². The second kappa shape index (κ2) is 6.90. The summed E-state index contributed by atoms with van der Waals surface area (Å²) >= 11 is 6.43. The van der Waals surface area contributed by atoms with Crippen LogP contribution in [0.25, 0.3) is 0 Å². The molecule has 0 aliphatic heterocycles. The van der Waals surface area contributed by atoms with Gasteiger partial charge in [-0.05, 0) is 43.6 Å². The molecular weight excluding hydrogens is 262 g/mol. The number of halogens is 1. The summed E-state index contributed by atoms with van der Waals surface area (Å²) in [7, 11) is 0. The molecular formula is C15H20ClNO2. The molecule has 0 bridgehead atoms. The molecule has 1 unspecified atom stereocenters. The number of nitro benzene ring substituents is 1. The van der Waals surface area contributed by atoms with E-state index in [0.29, 0.717) is 11.3 Å². The number of nitro groups is 1. The van der Waals surface area contributed by atoms with Crippen LogP contribution in [0.15, 0.2) is 24.3 Å². The smallest absolute Gasteiger partial charge is 0.258 e. The Bertz CT molecular complexity index is 413. The third-order valence-corrected chi connectivity index (χ3v) is 4.58. The number of non-ortho nitro benzene ring substituents is 1. The lowest BCUT2D eigenvalue weighted by Crippen LogP contribution is -2.11. The molecule has 4 heteroatoms. The highest BCUT2D eigenvalue weighted by Crippen LogP contribution is 2.32. The molecule has 1 aromatic rings. The number of rotatable bonds is 6. The van der Waals surface area contributed by atoms with Crippen molar-refractivity contribution in [1.29, 1.82) is 0 Å². The lowest BCUT2D eigenvalue weighted by molar-refractivity contribution is -0.384.